The second kappa shape index (κ2) is 3.43. The van der Waals surface area contributed by atoms with E-state index in [4.69, 9.17) is 4.43 Å². The fraction of sp³-hybridized carbons (Fsp3) is 1.00. The first-order valence-corrected chi connectivity index (χ1v) is 9.49. The van der Waals surface area contributed by atoms with Gasteiger partial charge in [-0.05, 0) is 20.3 Å². The third-order valence-electron chi connectivity index (χ3n) is 1.39. The maximum atomic E-state index is 5.58. The standard InChI is InChI=1S/C5H16OSi2/c1-4-5(2,3)6-8-7/h4,8H2,1-3,7H3. The van der Waals surface area contributed by atoms with Gasteiger partial charge in [-0.2, -0.15) is 0 Å². The van der Waals surface area contributed by atoms with Crippen LogP contribution in [0.3, 0.4) is 0 Å². The summed E-state index contributed by atoms with van der Waals surface area (Å²) in [6, 6.07) is 0. The van der Waals surface area contributed by atoms with Crippen LogP contribution in [-0.2, 0) is 4.43 Å². The average molecular weight is 148 g/mol. The lowest BCUT2D eigenvalue weighted by Crippen LogP contribution is -2.25. The van der Waals surface area contributed by atoms with E-state index in [1.54, 1.807) is 0 Å². The van der Waals surface area contributed by atoms with Gasteiger partial charge in [0.25, 0.3) is 0 Å². The molecule has 0 saturated carbocycles. The molecule has 8 heavy (non-hydrogen) atoms. The first-order valence-electron chi connectivity index (χ1n) is 3.26. The summed E-state index contributed by atoms with van der Waals surface area (Å²) in [5.41, 5.74) is 0.188. The highest BCUT2D eigenvalue weighted by molar-refractivity contribution is 6.85. The fourth-order valence-corrected chi connectivity index (χ4v) is 3.82. The molecule has 1 nitrogen and oxygen atoms in total. The van der Waals surface area contributed by atoms with Gasteiger partial charge in [-0.25, -0.2) is 0 Å². The zero-order valence-electron chi connectivity index (χ0n) is 6.32. The number of hydrogen-bond acceptors (Lipinski definition) is 1. The number of hydrogen-bond donors (Lipinski definition) is 0. The lowest BCUT2D eigenvalue weighted by molar-refractivity contribution is 0.116. The van der Waals surface area contributed by atoms with Gasteiger partial charge in [0.1, 0.15) is 9.28 Å². The Morgan fingerprint density at radius 2 is 2.12 bits per heavy atom. The Morgan fingerprint density at radius 1 is 1.62 bits per heavy atom. The molecule has 0 aliphatic carbocycles. The largest absolute Gasteiger partial charge is 0.423 e. The van der Waals surface area contributed by atoms with Crippen LogP contribution in [0.25, 0.3) is 0 Å². The summed E-state index contributed by atoms with van der Waals surface area (Å²) in [5, 5.41) is 0. The van der Waals surface area contributed by atoms with Crippen molar-refractivity contribution < 1.29 is 4.43 Å². The summed E-state index contributed by atoms with van der Waals surface area (Å²) in [6.07, 6.45) is 1.14. The summed E-state index contributed by atoms with van der Waals surface area (Å²) >= 11 is 0. The van der Waals surface area contributed by atoms with Crippen LogP contribution in [0.4, 0.5) is 0 Å². The van der Waals surface area contributed by atoms with Gasteiger partial charge in [0, 0.05) is 15.4 Å². The molecule has 0 aliphatic heterocycles. The summed E-state index contributed by atoms with van der Waals surface area (Å²) in [5.74, 6) is 0. The summed E-state index contributed by atoms with van der Waals surface area (Å²) in [4.78, 5) is 0. The molecule has 0 aromatic rings. The van der Waals surface area contributed by atoms with Crippen molar-refractivity contribution in [2.75, 3.05) is 0 Å². The first kappa shape index (κ1) is 8.39. The van der Waals surface area contributed by atoms with Crippen LogP contribution < -0.4 is 0 Å². The molecule has 0 atom stereocenters. The van der Waals surface area contributed by atoms with E-state index in [-0.39, 0.29) is 14.9 Å². The van der Waals surface area contributed by atoms with E-state index in [0.29, 0.717) is 0 Å². The molecule has 50 valence electrons. The predicted octanol–water partition coefficient (Wildman–Crippen LogP) is -0.444. The van der Waals surface area contributed by atoms with Gasteiger partial charge in [0.2, 0.25) is 0 Å². The van der Waals surface area contributed by atoms with Crippen molar-refractivity contribution in [1.29, 1.82) is 0 Å². The average Bonchev–Trinajstić information content (AvgIpc) is 1.67. The molecule has 0 radical (unpaired) electrons. The smallest absolute Gasteiger partial charge is 0.140 e. The maximum Gasteiger partial charge on any atom is 0.140 e. The Bertz CT molecular complexity index is 63.4. The molecule has 0 bridgehead atoms. The fourth-order valence-electron chi connectivity index (χ4n) is 0.493. The minimum absolute atomic E-state index is 0.0623. The van der Waals surface area contributed by atoms with E-state index >= 15 is 0 Å². The quantitative estimate of drug-likeness (QED) is 0.493. The van der Waals surface area contributed by atoms with Crippen LogP contribution in [0.5, 0.6) is 0 Å². The molecular formula is C5H16OSi2. The van der Waals surface area contributed by atoms with E-state index in [2.05, 4.69) is 20.8 Å². The molecule has 0 heterocycles. The van der Waals surface area contributed by atoms with Crippen molar-refractivity contribution in [1.82, 2.24) is 0 Å². The SMILES string of the molecule is CCC(C)(C)O[SiH2][SiH3]. The lowest BCUT2D eigenvalue weighted by Gasteiger charge is -2.22. The molecule has 0 amide bonds. The Labute approximate surface area is 57.0 Å². The van der Waals surface area contributed by atoms with Gasteiger partial charge in [0.15, 0.2) is 0 Å². The molecule has 0 unspecified atom stereocenters. The second-order valence-corrected chi connectivity index (χ2v) is 5.14. The topological polar surface area (TPSA) is 9.23 Å². The minimum Gasteiger partial charge on any atom is -0.423 e. The predicted molar refractivity (Wildman–Crippen MR) is 43.9 cm³/mol. The Morgan fingerprint density at radius 3 is 2.25 bits per heavy atom. The van der Waals surface area contributed by atoms with Crippen molar-refractivity contribution >= 4 is 19.0 Å². The molecule has 0 aromatic heterocycles. The molecule has 0 spiro atoms. The highest BCUT2D eigenvalue weighted by Gasteiger charge is 2.11. The third-order valence-corrected chi connectivity index (χ3v) is 3.32. The van der Waals surface area contributed by atoms with Crippen LogP contribution >= 0.6 is 0 Å². The second-order valence-electron chi connectivity index (χ2n) is 2.55. The zero-order chi connectivity index (χ0) is 6.62. The van der Waals surface area contributed by atoms with Crippen LogP contribution in [0.1, 0.15) is 27.2 Å². The molecule has 0 fully saturated rings. The molecule has 0 aromatic carbocycles. The Kier molecular flexibility index (Phi) is 3.59. The monoisotopic (exact) mass is 148 g/mol. The van der Waals surface area contributed by atoms with Crippen molar-refractivity contribution in [3.8, 4) is 0 Å². The lowest BCUT2D eigenvalue weighted by atomic mass is 10.1. The van der Waals surface area contributed by atoms with Gasteiger partial charge in [0.05, 0.1) is 0 Å². The van der Waals surface area contributed by atoms with Crippen molar-refractivity contribution in [2.45, 2.75) is 32.8 Å². The van der Waals surface area contributed by atoms with Gasteiger partial charge in [-0.3, -0.25) is 0 Å². The highest BCUT2D eigenvalue weighted by atomic mass is 29.1. The van der Waals surface area contributed by atoms with Gasteiger partial charge < -0.3 is 4.43 Å². The third kappa shape index (κ3) is 3.40. The zero-order valence-corrected chi connectivity index (χ0v) is 9.74. The normalized spacial score (nSPS) is 13.9. The highest BCUT2D eigenvalue weighted by Crippen LogP contribution is 2.10. The van der Waals surface area contributed by atoms with Crippen LogP contribution in [0, 0.1) is 0 Å². The van der Waals surface area contributed by atoms with Crippen LogP contribution in [0.15, 0.2) is 0 Å². The molecule has 0 N–H and O–H groups in total. The minimum atomic E-state index is -0.0623. The van der Waals surface area contributed by atoms with Gasteiger partial charge in [-0.15, -0.1) is 0 Å². The molecular weight excluding hydrogens is 132 g/mol. The van der Waals surface area contributed by atoms with E-state index in [9.17, 15) is 0 Å². The summed E-state index contributed by atoms with van der Waals surface area (Å²) in [6.45, 7) is 6.50. The van der Waals surface area contributed by atoms with Crippen LogP contribution in [-0.4, -0.2) is 24.6 Å². The van der Waals surface area contributed by atoms with E-state index in [1.165, 1.54) is 9.76 Å². The Balaban J connectivity index is 3.37. The first-order chi connectivity index (χ1) is 3.62. The van der Waals surface area contributed by atoms with Crippen molar-refractivity contribution in [3.63, 3.8) is 0 Å². The van der Waals surface area contributed by atoms with Crippen LogP contribution in [0.2, 0.25) is 0 Å². The summed E-state index contributed by atoms with van der Waals surface area (Å²) in [7, 11) is 1.23. The van der Waals surface area contributed by atoms with Crippen molar-refractivity contribution in [2.24, 2.45) is 0 Å². The maximum absolute atomic E-state index is 5.58. The van der Waals surface area contributed by atoms with Gasteiger partial charge >= 0.3 is 0 Å². The van der Waals surface area contributed by atoms with Gasteiger partial charge in [-0.1, -0.05) is 6.92 Å². The molecule has 0 aliphatic rings. The van der Waals surface area contributed by atoms with E-state index in [0.717, 1.165) is 6.42 Å². The van der Waals surface area contributed by atoms with E-state index < -0.39 is 0 Å². The molecule has 3 heteroatoms. The number of rotatable bonds is 3. The van der Waals surface area contributed by atoms with E-state index in [1.807, 2.05) is 0 Å². The Hall–Kier alpha value is 0.394. The van der Waals surface area contributed by atoms with Crippen molar-refractivity contribution in [3.05, 3.63) is 0 Å². The molecule has 0 saturated heterocycles. The summed E-state index contributed by atoms with van der Waals surface area (Å²) < 4.78 is 5.58. The molecule has 0 rings (SSSR count).